The van der Waals surface area contributed by atoms with E-state index in [4.69, 9.17) is 5.11 Å². The lowest BCUT2D eigenvalue weighted by molar-refractivity contribution is -0.137. The van der Waals surface area contributed by atoms with Crippen LogP contribution in [0.1, 0.15) is 40.5 Å². The average molecular weight is 270 g/mol. The molecule has 1 fully saturated rings. The molecule has 1 rings (SSSR count). The fourth-order valence-electron chi connectivity index (χ4n) is 2.40. The molecule has 19 heavy (non-hydrogen) atoms. The smallest absolute Gasteiger partial charge is 0.304 e. The Morgan fingerprint density at radius 2 is 1.95 bits per heavy atom. The summed E-state index contributed by atoms with van der Waals surface area (Å²) in [7, 11) is 0. The van der Waals surface area contributed by atoms with E-state index in [1.807, 2.05) is 20.8 Å². The van der Waals surface area contributed by atoms with Crippen LogP contribution < -0.4 is 5.32 Å². The van der Waals surface area contributed by atoms with Gasteiger partial charge < -0.3 is 15.3 Å². The van der Waals surface area contributed by atoms with Gasteiger partial charge in [-0.15, -0.1) is 0 Å². The third-order valence-corrected chi connectivity index (χ3v) is 3.39. The zero-order chi connectivity index (χ0) is 14.6. The van der Waals surface area contributed by atoms with Crippen molar-refractivity contribution in [2.75, 3.05) is 19.6 Å². The van der Waals surface area contributed by atoms with Crippen molar-refractivity contribution in [3.8, 4) is 0 Å². The zero-order valence-electron chi connectivity index (χ0n) is 12.4. The second-order valence-corrected chi connectivity index (χ2v) is 6.66. The van der Waals surface area contributed by atoms with Gasteiger partial charge in [-0.2, -0.15) is 0 Å². The Kier molecular flexibility index (Phi) is 5.35. The minimum Gasteiger partial charge on any atom is -0.481 e. The molecule has 1 amide bonds. The monoisotopic (exact) mass is 270 g/mol. The SMILES string of the molecule is CC1CC(NC(=O)C(C)(C)C)CN(CCC(=O)O)C1. The highest BCUT2D eigenvalue weighted by Gasteiger charge is 2.29. The van der Waals surface area contributed by atoms with Gasteiger partial charge in [-0.05, 0) is 12.3 Å². The third kappa shape index (κ3) is 5.59. The number of nitrogens with zero attached hydrogens (tertiary/aromatic N) is 1. The molecule has 2 unspecified atom stereocenters. The van der Waals surface area contributed by atoms with Gasteiger partial charge >= 0.3 is 5.97 Å². The second-order valence-electron chi connectivity index (χ2n) is 6.66. The maximum absolute atomic E-state index is 12.0. The average Bonchev–Trinajstić information content (AvgIpc) is 2.24. The Labute approximate surface area is 115 Å². The molecule has 0 radical (unpaired) electrons. The summed E-state index contributed by atoms with van der Waals surface area (Å²) in [5, 5.41) is 11.8. The minimum atomic E-state index is -0.770. The molecule has 1 aliphatic rings. The number of carbonyl (C=O) groups is 2. The van der Waals surface area contributed by atoms with E-state index in [2.05, 4.69) is 17.1 Å². The van der Waals surface area contributed by atoms with E-state index in [1.165, 1.54) is 0 Å². The van der Waals surface area contributed by atoms with E-state index in [0.717, 1.165) is 19.5 Å². The summed E-state index contributed by atoms with van der Waals surface area (Å²) in [6.07, 6.45) is 1.12. The summed E-state index contributed by atoms with van der Waals surface area (Å²) in [4.78, 5) is 24.7. The van der Waals surface area contributed by atoms with Gasteiger partial charge in [-0.1, -0.05) is 27.7 Å². The Bertz CT molecular complexity index is 336. The molecule has 0 aromatic carbocycles. The zero-order valence-corrected chi connectivity index (χ0v) is 12.4. The lowest BCUT2D eigenvalue weighted by Crippen LogP contribution is -2.52. The highest BCUT2D eigenvalue weighted by molar-refractivity contribution is 5.81. The summed E-state index contributed by atoms with van der Waals surface area (Å²) < 4.78 is 0. The maximum atomic E-state index is 12.0. The van der Waals surface area contributed by atoms with E-state index in [-0.39, 0.29) is 23.8 Å². The molecule has 1 aliphatic heterocycles. The fraction of sp³-hybridized carbons (Fsp3) is 0.857. The number of carboxylic acids is 1. The Morgan fingerprint density at radius 3 is 2.47 bits per heavy atom. The fourth-order valence-corrected chi connectivity index (χ4v) is 2.40. The van der Waals surface area contributed by atoms with Gasteiger partial charge in [-0.25, -0.2) is 0 Å². The van der Waals surface area contributed by atoms with E-state index in [1.54, 1.807) is 0 Å². The molecular weight excluding hydrogens is 244 g/mol. The predicted octanol–water partition coefficient (Wildman–Crippen LogP) is 1.33. The standard InChI is InChI=1S/C14H26N2O3/c1-10-7-11(15-13(19)14(2,3)4)9-16(8-10)6-5-12(17)18/h10-11H,5-9H2,1-4H3,(H,15,19)(H,17,18). The van der Waals surface area contributed by atoms with Gasteiger partial charge in [0.05, 0.1) is 6.42 Å². The van der Waals surface area contributed by atoms with Crippen LogP contribution >= 0.6 is 0 Å². The molecule has 0 aliphatic carbocycles. The van der Waals surface area contributed by atoms with Gasteiger partial charge in [0.25, 0.3) is 0 Å². The first-order valence-corrected chi connectivity index (χ1v) is 6.93. The highest BCUT2D eigenvalue weighted by Crippen LogP contribution is 2.19. The molecule has 5 nitrogen and oxygen atoms in total. The molecule has 110 valence electrons. The van der Waals surface area contributed by atoms with Crippen molar-refractivity contribution in [3.63, 3.8) is 0 Å². The van der Waals surface area contributed by atoms with E-state index >= 15 is 0 Å². The van der Waals surface area contributed by atoms with Crippen molar-refractivity contribution in [2.45, 2.75) is 46.6 Å². The maximum Gasteiger partial charge on any atom is 0.304 e. The molecule has 0 aromatic rings. The first-order chi connectivity index (χ1) is 8.68. The molecule has 1 saturated heterocycles. The summed E-state index contributed by atoms with van der Waals surface area (Å²) in [5.41, 5.74) is -0.382. The predicted molar refractivity (Wildman–Crippen MR) is 73.9 cm³/mol. The molecule has 0 spiro atoms. The van der Waals surface area contributed by atoms with Crippen LogP contribution in [0.25, 0.3) is 0 Å². The topological polar surface area (TPSA) is 69.6 Å². The van der Waals surface area contributed by atoms with Crippen LogP contribution in [0.2, 0.25) is 0 Å². The number of hydrogen-bond donors (Lipinski definition) is 2. The number of piperidine rings is 1. The number of rotatable bonds is 4. The van der Waals surface area contributed by atoms with Crippen molar-refractivity contribution < 1.29 is 14.7 Å². The van der Waals surface area contributed by atoms with Crippen molar-refractivity contribution in [2.24, 2.45) is 11.3 Å². The van der Waals surface area contributed by atoms with Crippen LogP contribution in [-0.2, 0) is 9.59 Å². The summed E-state index contributed by atoms with van der Waals surface area (Å²) in [6.45, 7) is 10.1. The number of amides is 1. The van der Waals surface area contributed by atoms with Gasteiger partial charge in [-0.3, -0.25) is 9.59 Å². The first-order valence-electron chi connectivity index (χ1n) is 6.93. The highest BCUT2D eigenvalue weighted by atomic mass is 16.4. The van der Waals surface area contributed by atoms with Crippen LogP contribution in [0.4, 0.5) is 0 Å². The number of carbonyl (C=O) groups excluding carboxylic acids is 1. The number of hydrogen-bond acceptors (Lipinski definition) is 3. The lowest BCUT2D eigenvalue weighted by Gasteiger charge is -2.37. The lowest BCUT2D eigenvalue weighted by atomic mass is 9.92. The largest absolute Gasteiger partial charge is 0.481 e. The Balaban J connectivity index is 2.50. The van der Waals surface area contributed by atoms with Gasteiger partial charge in [0.2, 0.25) is 5.91 Å². The molecule has 2 atom stereocenters. The summed E-state index contributed by atoms with van der Waals surface area (Å²) >= 11 is 0. The van der Waals surface area contributed by atoms with Crippen molar-refractivity contribution in [1.29, 1.82) is 0 Å². The van der Waals surface area contributed by atoms with Crippen molar-refractivity contribution in [3.05, 3.63) is 0 Å². The van der Waals surface area contributed by atoms with Crippen molar-refractivity contribution >= 4 is 11.9 Å². The molecule has 0 bridgehead atoms. The summed E-state index contributed by atoms with van der Waals surface area (Å²) in [6, 6.07) is 0.129. The Hall–Kier alpha value is -1.10. The van der Waals surface area contributed by atoms with Crippen LogP contribution in [0.3, 0.4) is 0 Å². The quantitative estimate of drug-likeness (QED) is 0.808. The van der Waals surface area contributed by atoms with Gasteiger partial charge in [0.15, 0.2) is 0 Å². The third-order valence-electron chi connectivity index (χ3n) is 3.39. The molecule has 0 saturated carbocycles. The number of aliphatic carboxylic acids is 1. The normalized spacial score (nSPS) is 25.1. The Morgan fingerprint density at radius 1 is 1.32 bits per heavy atom. The van der Waals surface area contributed by atoms with Gasteiger partial charge in [0.1, 0.15) is 0 Å². The first kappa shape index (κ1) is 16.0. The van der Waals surface area contributed by atoms with Crippen molar-refractivity contribution in [1.82, 2.24) is 10.2 Å². The summed E-state index contributed by atoms with van der Waals surface area (Å²) in [5.74, 6) is -0.230. The minimum absolute atomic E-state index is 0.0600. The van der Waals surface area contributed by atoms with E-state index < -0.39 is 5.97 Å². The van der Waals surface area contributed by atoms with Crippen LogP contribution in [0.5, 0.6) is 0 Å². The molecule has 1 heterocycles. The number of likely N-dealkylation sites (tertiary alicyclic amines) is 1. The molecular formula is C14H26N2O3. The molecule has 2 N–H and O–H groups in total. The molecule has 0 aromatic heterocycles. The number of carboxylic acid groups (broad SMARTS) is 1. The van der Waals surface area contributed by atoms with Crippen LogP contribution in [-0.4, -0.2) is 47.6 Å². The molecule has 5 heteroatoms. The van der Waals surface area contributed by atoms with E-state index in [9.17, 15) is 9.59 Å². The van der Waals surface area contributed by atoms with E-state index in [0.29, 0.717) is 12.5 Å². The van der Waals surface area contributed by atoms with Crippen LogP contribution in [0, 0.1) is 11.3 Å². The van der Waals surface area contributed by atoms with Crippen LogP contribution in [0.15, 0.2) is 0 Å². The number of nitrogens with one attached hydrogen (secondary N) is 1. The van der Waals surface area contributed by atoms with Gasteiger partial charge in [0, 0.05) is 31.1 Å². The second kappa shape index (κ2) is 6.37.